The molecule has 132 valence electrons. The number of ether oxygens (including phenoxy) is 2. The van der Waals surface area contributed by atoms with Crippen LogP contribution in [0.4, 0.5) is 0 Å². The van der Waals surface area contributed by atoms with Crippen molar-refractivity contribution in [2.24, 2.45) is 0 Å². The molecule has 0 aromatic rings. The van der Waals surface area contributed by atoms with Gasteiger partial charge in [0.15, 0.2) is 6.10 Å². The summed E-state index contributed by atoms with van der Waals surface area (Å²) in [6.45, 7) is 5.93. The van der Waals surface area contributed by atoms with Crippen molar-refractivity contribution in [3.05, 3.63) is 0 Å². The smallest absolute Gasteiger partial charge is 0.333 e. The molecule has 8 heteroatoms. The van der Waals surface area contributed by atoms with Crippen molar-refractivity contribution in [1.82, 2.24) is 0 Å². The van der Waals surface area contributed by atoms with E-state index in [0.29, 0.717) is 13.2 Å². The predicted octanol–water partition coefficient (Wildman–Crippen LogP) is 0.496. The van der Waals surface area contributed by atoms with E-state index in [4.69, 9.17) is 29.9 Å². The standard InChI is InChI=1S/C8H14O5.C6H14O3/c1-2-3-4-13-6(8(11)12)5-7(9)10;1-5(8)4-9-6(2)3-7/h6H,2-5H2,1H3,(H,9,10)(H,11,12);5-8H,3-4H2,1-2H3. The van der Waals surface area contributed by atoms with Gasteiger partial charge < -0.3 is 29.9 Å². The van der Waals surface area contributed by atoms with Crippen LogP contribution in [0, 0.1) is 0 Å². The van der Waals surface area contributed by atoms with Gasteiger partial charge in [0.1, 0.15) is 0 Å². The highest BCUT2D eigenvalue weighted by molar-refractivity contribution is 5.79. The van der Waals surface area contributed by atoms with Gasteiger partial charge in [-0.2, -0.15) is 0 Å². The van der Waals surface area contributed by atoms with Crippen LogP contribution in [-0.4, -0.2) is 70.5 Å². The molecule has 0 bridgehead atoms. The monoisotopic (exact) mass is 324 g/mol. The molecule has 0 rings (SSSR count). The topological polar surface area (TPSA) is 134 Å². The fraction of sp³-hybridized carbons (Fsp3) is 0.857. The lowest BCUT2D eigenvalue weighted by Gasteiger charge is -2.10. The van der Waals surface area contributed by atoms with Crippen LogP contribution in [-0.2, 0) is 19.1 Å². The molecular formula is C14H28O8. The molecule has 3 atom stereocenters. The zero-order valence-electron chi connectivity index (χ0n) is 13.4. The van der Waals surface area contributed by atoms with Crippen molar-refractivity contribution < 1.29 is 39.5 Å². The molecule has 0 aliphatic heterocycles. The Kier molecular flexibility index (Phi) is 15.4. The van der Waals surface area contributed by atoms with Crippen molar-refractivity contribution in [3.8, 4) is 0 Å². The third-order valence-corrected chi connectivity index (χ3v) is 2.33. The molecule has 0 aliphatic carbocycles. The molecule has 0 amide bonds. The number of rotatable bonds is 11. The molecule has 3 unspecified atom stereocenters. The van der Waals surface area contributed by atoms with Crippen LogP contribution in [0.2, 0.25) is 0 Å². The van der Waals surface area contributed by atoms with Gasteiger partial charge in [-0.05, 0) is 20.3 Å². The van der Waals surface area contributed by atoms with Gasteiger partial charge in [0, 0.05) is 6.61 Å². The van der Waals surface area contributed by atoms with Gasteiger partial charge in [-0.15, -0.1) is 0 Å². The third kappa shape index (κ3) is 16.8. The van der Waals surface area contributed by atoms with Gasteiger partial charge in [0.05, 0.1) is 31.8 Å². The zero-order valence-corrected chi connectivity index (χ0v) is 13.4. The van der Waals surface area contributed by atoms with E-state index < -0.39 is 30.6 Å². The van der Waals surface area contributed by atoms with Crippen molar-refractivity contribution in [3.63, 3.8) is 0 Å². The van der Waals surface area contributed by atoms with Gasteiger partial charge in [-0.1, -0.05) is 13.3 Å². The largest absolute Gasteiger partial charge is 0.481 e. The second kappa shape index (κ2) is 14.7. The lowest BCUT2D eigenvalue weighted by molar-refractivity contribution is -0.156. The number of aliphatic hydroxyl groups excluding tert-OH is 2. The molecule has 0 aliphatic rings. The molecule has 4 N–H and O–H groups in total. The molecule has 0 saturated carbocycles. The summed E-state index contributed by atoms with van der Waals surface area (Å²) in [7, 11) is 0. The number of aliphatic carboxylic acids is 2. The van der Waals surface area contributed by atoms with E-state index in [1.807, 2.05) is 6.92 Å². The minimum atomic E-state index is -1.22. The molecule has 0 aromatic heterocycles. The number of unbranched alkanes of at least 4 members (excludes halogenated alkanes) is 1. The van der Waals surface area contributed by atoms with E-state index in [0.717, 1.165) is 12.8 Å². The molecule has 0 heterocycles. The first-order valence-corrected chi connectivity index (χ1v) is 7.21. The normalized spacial score (nSPS) is 14.4. The first-order chi connectivity index (χ1) is 10.2. The van der Waals surface area contributed by atoms with Crippen molar-refractivity contribution in [2.75, 3.05) is 19.8 Å². The second-order valence-corrected chi connectivity index (χ2v) is 4.82. The number of carbonyl (C=O) groups is 2. The predicted molar refractivity (Wildman–Crippen MR) is 78.7 cm³/mol. The number of aliphatic hydroxyl groups is 2. The highest BCUT2D eigenvalue weighted by Crippen LogP contribution is 2.01. The van der Waals surface area contributed by atoms with Gasteiger partial charge >= 0.3 is 11.9 Å². The van der Waals surface area contributed by atoms with Crippen LogP contribution < -0.4 is 0 Å². The van der Waals surface area contributed by atoms with Crippen LogP contribution in [0.5, 0.6) is 0 Å². The fourth-order valence-electron chi connectivity index (χ4n) is 1.10. The second-order valence-electron chi connectivity index (χ2n) is 4.82. The first-order valence-electron chi connectivity index (χ1n) is 7.21. The number of hydrogen-bond acceptors (Lipinski definition) is 6. The lowest BCUT2D eigenvalue weighted by atomic mass is 10.2. The Morgan fingerprint density at radius 2 is 1.73 bits per heavy atom. The fourth-order valence-corrected chi connectivity index (χ4v) is 1.10. The summed E-state index contributed by atoms with van der Waals surface area (Å²) < 4.78 is 9.83. The lowest BCUT2D eigenvalue weighted by Crippen LogP contribution is -2.27. The molecule has 0 aromatic carbocycles. The minimum absolute atomic E-state index is 0.00667. The quantitative estimate of drug-likeness (QED) is 0.404. The Balaban J connectivity index is 0. The van der Waals surface area contributed by atoms with Gasteiger partial charge in [-0.25, -0.2) is 4.79 Å². The van der Waals surface area contributed by atoms with Crippen LogP contribution in [0.25, 0.3) is 0 Å². The van der Waals surface area contributed by atoms with E-state index in [-0.39, 0.29) is 12.7 Å². The van der Waals surface area contributed by atoms with Crippen LogP contribution in [0.15, 0.2) is 0 Å². The highest BCUT2D eigenvalue weighted by Gasteiger charge is 2.20. The summed E-state index contributed by atoms with van der Waals surface area (Å²) in [6, 6.07) is 0. The van der Waals surface area contributed by atoms with Crippen LogP contribution in [0.3, 0.4) is 0 Å². The molecule has 8 nitrogen and oxygen atoms in total. The third-order valence-electron chi connectivity index (χ3n) is 2.33. The van der Waals surface area contributed by atoms with Gasteiger partial charge in [0.2, 0.25) is 0 Å². The van der Waals surface area contributed by atoms with Crippen molar-refractivity contribution in [2.45, 2.75) is 58.3 Å². The number of hydrogen-bond donors (Lipinski definition) is 4. The summed E-state index contributed by atoms with van der Waals surface area (Å²) in [4.78, 5) is 20.6. The maximum Gasteiger partial charge on any atom is 0.333 e. The van der Waals surface area contributed by atoms with Crippen molar-refractivity contribution >= 4 is 11.9 Å². The van der Waals surface area contributed by atoms with E-state index in [2.05, 4.69) is 0 Å². The Morgan fingerprint density at radius 3 is 2.09 bits per heavy atom. The van der Waals surface area contributed by atoms with Gasteiger partial charge in [0.25, 0.3) is 0 Å². The SMILES string of the molecule is CC(O)COC(C)CO.CCCCOC(CC(=O)O)C(=O)O. The first kappa shape index (κ1) is 23.1. The number of carboxylic acids is 2. The minimum Gasteiger partial charge on any atom is -0.481 e. The maximum atomic E-state index is 10.4. The Bertz CT molecular complexity index is 293. The van der Waals surface area contributed by atoms with Crippen LogP contribution >= 0.6 is 0 Å². The van der Waals surface area contributed by atoms with Crippen LogP contribution in [0.1, 0.15) is 40.0 Å². The van der Waals surface area contributed by atoms with E-state index in [9.17, 15) is 9.59 Å². The molecule has 0 fully saturated rings. The maximum absolute atomic E-state index is 10.4. The molecule has 0 radical (unpaired) electrons. The molecule has 0 spiro atoms. The number of carboxylic acid groups (broad SMARTS) is 2. The zero-order chi connectivity index (χ0) is 17.5. The Hall–Kier alpha value is -1.22. The van der Waals surface area contributed by atoms with Crippen molar-refractivity contribution in [1.29, 1.82) is 0 Å². The average Bonchev–Trinajstić information content (AvgIpc) is 2.44. The van der Waals surface area contributed by atoms with Gasteiger partial charge in [-0.3, -0.25) is 4.79 Å². The average molecular weight is 324 g/mol. The van der Waals surface area contributed by atoms with E-state index >= 15 is 0 Å². The summed E-state index contributed by atoms with van der Waals surface area (Å²) in [5.41, 5.74) is 0. The highest BCUT2D eigenvalue weighted by atomic mass is 16.5. The summed E-state index contributed by atoms with van der Waals surface area (Å²) in [5, 5.41) is 34.0. The Labute approximate surface area is 130 Å². The summed E-state index contributed by atoms with van der Waals surface area (Å²) >= 11 is 0. The Morgan fingerprint density at radius 1 is 1.14 bits per heavy atom. The molecular weight excluding hydrogens is 296 g/mol. The summed E-state index contributed by atoms with van der Waals surface area (Å²) in [5.74, 6) is -2.39. The summed E-state index contributed by atoms with van der Waals surface area (Å²) in [6.07, 6.45) is -0.690. The molecule has 22 heavy (non-hydrogen) atoms. The van der Waals surface area contributed by atoms with E-state index in [1.54, 1.807) is 13.8 Å². The molecule has 0 saturated heterocycles. The van der Waals surface area contributed by atoms with E-state index in [1.165, 1.54) is 0 Å².